The van der Waals surface area contributed by atoms with Crippen molar-refractivity contribution in [2.24, 2.45) is 5.92 Å². The quantitative estimate of drug-likeness (QED) is 0.824. The van der Waals surface area contributed by atoms with Gasteiger partial charge in [-0.2, -0.15) is 0 Å². The number of ether oxygens (including phenoxy) is 1. The highest BCUT2D eigenvalue weighted by molar-refractivity contribution is 6.32. The minimum Gasteiger partial charge on any atom is -0.492 e. The van der Waals surface area contributed by atoms with Crippen LogP contribution < -0.4 is 4.74 Å². The van der Waals surface area contributed by atoms with E-state index in [1.807, 2.05) is 29.7 Å². The molecule has 2 aliphatic rings. The summed E-state index contributed by atoms with van der Waals surface area (Å²) in [5.74, 6) is 1.07. The van der Waals surface area contributed by atoms with Crippen molar-refractivity contribution < 1.29 is 14.3 Å². The van der Waals surface area contributed by atoms with Crippen LogP contribution in [0.25, 0.3) is 0 Å². The number of carbonyl (C=O) groups is 2. The maximum Gasteiger partial charge on any atom is 0.254 e. The molecule has 1 aliphatic heterocycles. The maximum absolute atomic E-state index is 12.9. The topological polar surface area (TPSA) is 49.9 Å². The minimum atomic E-state index is -0.0248. The van der Waals surface area contributed by atoms with E-state index in [1.54, 1.807) is 6.07 Å². The molecular formula is C19H25ClN2O3. The summed E-state index contributed by atoms with van der Waals surface area (Å²) in [4.78, 5) is 28.9. The van der Waals surface area contributed by atoms with Gasteiger partial charge in [-0.25, -0.2) is 0 Å². The van der Waals surface area contributed by atoms with E-state index < -0.39 is 0 Å². The zero-order valence-electron chi connectivity index (χ0n) is 14.9. The van der Waals surface area contributed by atoms with Crippen molar-refractivity contribution in [3.05, 3.63) is 28.3 Å². The van der Waals surface area contributed by atoms with Crippen LogP contribution in [0.4, 0.5) is 0 Å². The second-order valence-corrected chi connectivity index (χ2v) is 7.18. The van der Waals surface area contributed by atoms with Gasteiger partial charge in [0.25, 0.3) is 5.91 Å². The molecule has 25 heavy (non-hydrogen) atoms. The first-order valence-corrected chi connectivity index (χ1v) is 9.40. The fraction of sp³-hybridized carbons (Fsp3) is 0.579. The average molecular weight is 365 g/mol. The van der Waals surface area contributed by atoms with Crippen molar-refractivity contribution in [2.75, 3.05) is 32.8 Å². The number of hydrogen-bond donors (Lipinski definition) is 0. The van der Waals surface area contributed by atoms with Gasteiger partial charge in [-0.05, 0) is 50.8 Å². The van der Waals surface area contributed by atoms with Crippen LogP contribution in [0.3, 0.4) is 0 Å². The summed E-state index contributed by atoms with van der Waals surface area (Å²) >= 11 is 6.25. The Bertz CT molecular complexity index is 673. The summed E-state index contributed by atoms with van der Waals surface area (Å²) in [5.41, 5.74) is 1.46. The van der Waals surface area contributed by atoms with E-state index in [0.717, 1.165) is 31.4 Å². The molecule has 1 aliphatic carbocycles. The van der Waals surface area contributed by atoms with Gasteiger partial charge >= 0.3 is 0 Å². The molecule has 2 amide bonds. The summed E-state index contributed by atoms with van der Waals surface area (Å²) in [6.07, 6.45) is 2.84. The van der Waals surface area contributed by atoms with E-state index in [0.29, 0.717) is 42.6 Å². The summed E-state index contributed by atoms with van der Waals surface area (Å²) < 4.78 is 5.49. The van der Waals surface area contributed by atoms with Gasteiger partial charge in [0, 0.05) is 37.7 Å². The molecule has 3 rings (SSSR count). The third-order valence-corrected chi connectivity index (χ3v) is 5.13. The lowest BCUT2D eigenvalue weighted by Gasteiger charge is -2.23. The summed E-state index contributed by atoms with van der Waals surface area (Å²) in [5, 5.41) is 0.455. The maximum atomic E-state index is 12.9. The third kappa shape index (κ3) is 4.09. The Morgan fingerprint density at radius 1 is 1.16 bits per heavy atom. The predicted octanol–water partition coefficient (Wildman–Crippen LogP) is 3.13. The van der Waals surface area contributed by atoms with E-state index >= 15 is 0 Å². The van der Waals surface area contributed by atoms with Crippen molar-refractivity contribution in [1.82, 2.24) is 9.80 Å². The zero-order chi connectivity index (χ0) is 18.0. The van der Waals surface area contributed by atoms with Gasteiger partial charge in [-0.15, -0.1) is 0 Å². The fourth-order valence-electron chi connectivity index (χ4n) is 3.25. The number of halogens is 1. The van der Waals surface area contributed by atoms with E-state index in [4.69, 9.17) is 16.3 Å². The van der Waals surface area contributed by atoms with Crippen LogP contribution in [0, 0.1) is 12.8 Å². The minimum absolute atomic E-state index is 0.0248. The number of aryl methyl sites for hydroxylation is 1. The molecule has 1 aromatic carbocycles. The van der Waals surface area contributed by atoms with Gasteiger partial charge < -0.3 is 14.5 Å². The zero-order valence-corrected chi connectivity index (χ0v) is 15.6. The smallest absolute Gasteiger partial charge is 0.254 e. The van der Waals surface area contributed by atoms with Crippen molar-refractivity contribution >= 4 is 23.4 Å². The molecule has 1 aromatic rings. The van der Waals surface area contributed by atoms with Crippen molar-refractivity contribution in [1.29, 1.82) is 0 Å². The van der Waals surface area contributed by atoms with Crippen LogP contribution in [0.1, 0.15) is 42.1 Å². The highest BCUT2D eigenvalue weighted by Gasteiger charge is 2.34. The molecule has 1 saturated carbocycles. The molecule has 0 N–H and O–H groups in total. The summed E-state index contributed by atoms with van der Waals surface area (Å²) in [6.45, 7) is 6.92. The van der Waals surface area contributed by atoms with Gasteiger partial charge in [0.2, 0.25) is 5.91 Å². The molecule has 0 unspecified atom stereocenters. The first-order chi connectivity index (χ1) is 12.0. The summed E-state index contributed by atoms with van der Waals surface area (Å²) in [7, 11) is 0. The monoisotopic (exact) mass is 364 g/mol. The fourth-order valence-corrected chi connectivity index (χ4v) is 3.47. The molecule has 2 fully saturated rings. The Kier molecular flexibility index (Phi) is 5.52. The van der Waals surface area contributed by atoms with Crippen molar-refractivity contribution in [3.63, 3.8) is 0 Å². The number of nitrogens with zero attached hydrogens (tertiary/aromatic N) is 2. The highest BCUT2D eigenvalue weighted by atomic mass is 35.5. The Morgan fingerprint density at radius 3 is 2.52 bits per heavy atom. The van der Waals surface area contributed by atoms with Crippen molar-refractivity contribution in [2.45, 2.75) is 33.1 Å². The molecule has 6 heteroatoms. The lowest BCUT2D eigenvalue weighted by atomic mass is 10.1. The molecular weight excluding hydrogens is 340 g/mol. The number of amides is 2. The predicted molar refractivity (Wildman–Crippen MR) is 97.2 cm³/mol. The van der Waals surface area contributed by atoms with Crippen LogP contribution in [-0.2, 0) is 4.79 Å². The number of hydrogen-bond acceptors (Lipinski definition) is 3. The molecule has 0 aromatic heterocycles. The molecule has 1 saturated heterocycles. The Balaban J connectivity index is 1.70. The molecule has 5 nitrogen and oxygen atoms in total. The van der Waals surface area contributed by atoms with Crippen molar-refractivity contribution in [3.8, 4) is 5.75 Å². The largest absolute Gasteiger partial charge is 0.492 e. The van der Waals surface area contributed by atoms with Crippen LogP contribution in [0.2, 0.25) is 5.02 Å². The van der Waals surface area contributed by atoms with Gasteiger partial charge in [-0.3, -0.25) is 9.59 Å². The number of benzene rings is 1. The second kappa shape index (κ2) is 7.65. The molecule has 0 atom stereocenters. The standard InChI is InChI=1S/C19H25ClN2O3/c1-3-25-17-11-13(2)15(12-16(17)20)19(24)22-8-4-7-21(9-10-22)18(23)14-5-6-14/h11-12,14H,3-10H2,1-2H3. The first kappa shape index (κ1) is 18.1. The lowest BCUT2D eigenvalue weighted by Crippen LogP contribution is -2.38. The normalized spacial score (nSPS) is 18.0. The molecule has 0 spiro atoms. The highest BCUT2D eigenvalue weighted by Crippen LogP contribution is 2.32. The van der Waals surface area contributed by atoms with Crippen LogP contribution >= 0.6 is 11.6 Å². The Labute approximate surface area is 153 Å². The van der Waals surface area contributed by atoms with E-state index in [2.05, 4.69) is 0 Å². The van der Waals surface area contributed by atoms with Gasteiger partial charge in [0.15, 0.2) is 0 Å². The van der Waals surface area contributed by atoms with Gasteiger partial charge in [-0.1, -0.05) is 11.6 Å². The lowest BCUT2D eigenvalue weighted by molar-refractivity contribution is -0.132. The van der Waals surface area contributed by atoms with Crippen LogP contribution in [0.5, 0.6) is 5.75 Å². The van der Waals surface area contributed by atoms with Crippen LogP contribution in [0.15, 0.2) is 12.1 Å². The van der Waals surface area contributed by atoms with Gasteiger partial charge in [0.05, 0.1) is 11.6 Å². The summed E-state index contributed by atoms with van der Waals surface area (Å²) in [6, 6.07) is 3.52. The molecule has 0 bridgehead atoms. The Morgan fingerprint density at radius 2 is 1.84 bits per heavy atom. The molecule has 136 valence electrons. The number of rotatable bonds is 4. The number of carbonyl (C=O) groups excluding carboxylic acids is 2. The van der Waals surface area contributed by atoms with E-state index in [9.17, 15) is 9.59 Å². The van der Waals surface area contributed by atoms with E-state index in [-0.39, 0.29) is 17.7 Å². The van der Waals surface area contributed by atoms with E-state index in [1.165, 1.54) is 0 Å². The molecule has 1 heterocycles. The average Bonchev–Trinajstić information content (AvgIpc) is 3.43. The first-order valence-electron chi connectivity index (χ1n) is 9.02. The Hall–Kier alpha value is -1.75. The van der Waals surface area contributed by atoms with Gasteiger partial charge in [0.1, 0.15) is 5.75 Å². The SMILES string of the molecule is CCOc1cc(C)c(C(=O)N2CCCN(C(=O)C3CC3)CC2)cc1Cl. The second-order valence-electron chi connectivity index (χ2n) is 6.78. The molecule has 0 radical (unpaired) electrons. The van der Waals surface area contributed by atoms with Crippen LogP contribution in [-0.4, -0.2) is 54.4 Å². The third-order valence-electron chi connectivity index (χ3n) is 4.83.